The molecule has 0 radical (unpaired) electrons. The van der Waals surface area contributed by atoms with E-state index in [0.29, 0.717) is 11.7 Å². The molecule has 1 saturated carbocycles. The van der Waals surface area contributed by atoms with Gasteiger partial charge in [-0.3, -0.25) is 0 Å². The molecule has 0 amide bonds. The highest BCUT2D eigenvalue weighted by atomic mass is 16.5. The molecule has 1 aliphatic rings. The number of hydrogen-bond donors (Lipinski definition) is 0. The number of rotatable bonds is 7. The molecule has 130 valence electrons. The Hall–Kier alpha value is -1.83. The third kappa shape index (κ3) is 5.99. The van der Waals surface area contributed by atoms with Gasteiger partial charge in [-0.25, -0.2) is 4.79 Å². The summed E-state index contributed by atoms with van der Waals surface area (Å²) in [6.45, 7) is 4.34. The number of benzene rings is 1. The van der Waals surface area contributed by atoms with E-state index in [1.807, 2.05) is 24.3 Å². The molecule has 2 heteroatoms. The van der Waals surface area contributed by atoms with E-state index in [4.69, 9.17) is 4.74 Å². The van der Waals surface area contributed by atoms with E-state index < -0.39 is 0 Å². The molecular formula is C22H30O2. The van der Waals surface area contributed by atoms with Crippen molar-refractivity contribution in [1.82, 2.24) is 0 Å². The van der Waals surface area contributed by atoms with Crippen LogP contribution in [-0.4, -0.2) is 5.97 Å². The molecule has 1 fully saturated rings. The highest BCUT2D eigenvalue weighted by Crippen LogP contribution is 2.37. The smallest absolute Gasteiger partial charge is 0.336 e. The van der Waals surface area contributed by atoms with Crippen LogP contribution in [0.2, 0.25) is 0 Å². The Balaban J connectivity index is 1.84. The van der Waals surface area contributed by atoms with Gasteiger partial charge in [-0.2, -0.15) is 0 Å². The van der Waals surface area contributed by atoms with Gasteiger partial charge in [0.2, 0.25) is 0 Å². The molecular weight excluding hydrogens is 296 g/mol. The Morgan fingerprint density at radius 1 is 1.08 bits per heavy atom. The van der Waals surface area contributed by atoms with Crippen molar-refractivity contribution in [1.29, 1.82) is 0 Å². The molecule has 1 aliphatic carbocycles. The fourth-order valence-electron chi connectivity index (χ4n) is 3.50. The van der Waals surface area contributed by atoms with Crippen molar-refractivity contribution in [2.75, 3.05) is 0 Å². The first-order chi connectivity index (χ1) is 11.7. The van der Waals surface area contributed by atoms with Crippen LogP contribution in [0.4, 0.5) is 0 Å². The molecule has 0 spiro atoms. The number of carbonyl (C=O) groups excluding carboxylic acids is 1. The maximum Gasteiger partial charge on any atom is 0.336 e. The maximum atomic E-state index is 11.7. The number of hydrogen-bond acceptors (Lipinski definition) is 2. The minimum Gasteiger partial charge on any atom is -0.423 e. The molecule has 2 nitrogen and oxygen atoms in total. The van der Waals surface area contributed by atoms with Crippen molar-refractivity contribution < 1.29 is 9.53 Å². The molecule has 0 aromatic heterocycles. The zero-order valence-electron chi connectivity index (χ0n) is 15.0. The molecule has 0 atom stereocenters. The Morgan fingerprint density at radius 2 is 1.79 bits per heavy atom. The first-order valence-electron chi connectivity index (χ1n) is 9.37. The van der Waals surface area contributed by atoms with E-state index in [2.05, 4.69) is 26.0 Å². The number of carbonyl (C=O) groups is 1. The van der Waals surface area contributed by atoms with Crippen molar-refractivity contribution in [2.45, 2.75) is 64.7 Å². The summed E-state index contributed by atoms with van der Waals surface area (Å²) < 4.78 is 5.33. The first kappa shape index (κ1) is 18.5. The van der Waals surface area contributed by atoms with Crippen LogP contribution in [0.25, 0.3) is 0 Å². The average Bonchev–Trinajstić information content (AvgIpc) is 2.60. The summed E-state index contributed by atoms with van der Waals surface area (Å²) in [7, 11) is 0. The standard InChI is InChI=1S/C22H30O2/c1-3-5-6-7-9-22(23)24-21-16-14-20(15-17-21)19-12-10-18(8-4-2)11-13-19/h5-7,9,14-19H,3-4,8,10-13H2,1-2H3. The largest absolute Gasteiger partial charge is 0.423 e. The fourth-order valence-corrected chi connectivity index (χ4v) is 3.50. The van der Waals surface area contributed by atoms with Crippen molar-refractivity contribution in [2.24, 2.45) is 5.92 Å². The summed E-state index contributed by atoms with van der Waals surface area (Å²) in [5.41, 5.74) is 1.38. The Bertz CT molecular complexity index is 546. The second kappa shape index (κ2) is 10.1. The molecule has 1 aromatic carbocycles. The van der Waals surface area contributed by atoms with E-state index in [1.165, 1.54) is 50.2 Å². The normalized spacial score (nSPS) is 21.4. The average molecular weight is 326 g/mol. The SMILES string of the molecule is CCC=CC=CC(=O)Oc1ccc(C2CCC(CCC)CC2)cc1. The van der Waals surface area contributed by atoms with Gasteiger partial charge in [0.15, 0.2) is 0 Å². The van der Waals surface area contributed by atoms with Gasteiger partial charge in [-0.15, -0.1) is 0 Å². The van der Waals surface area contributed by atoms with Crippen molar-refractivity contribution in [3.8, 4) is 5.75 Å². The number of ether oxygens (including phenoxy) is 1. The Labute approximate surface area is 146 Å². The highest BCUT2D eigenvalue weighted by molar-refractivity contribution is 5.84. The molecule has 24 heavy (non-hydrogen) atoms. The van der Waals surface area contributed by atoms with Gasteiger partial charge < -0.3 is 4.74 Å². The van der Waals surface area contributed by atoms with Gasteiger partial charge in [0.1, 0.15) is 5.75 Å². The van der Waals surface area contributed by atoms with Gasteiger partial charge in [0.25, 0.3) is 0 Å². The third-order valence-corrected chi connectivity index (χ3v) is 4.83. The van der Waals surface area contributed by atoms with E-state index in [-0.39, 0.29) is 5.97 Å². The van der Waals surface area contributed by atoms with Crippen LogP contribution in [0.1, 0.15) is 70.3 Å². The monoisotopic (exact) mass is 326 g/mol. The van der Waals surface area contributed by atoms with Crippen LogP contribution in [-0.2, 0) is 4.79 Å². The summed E-state index contributed by atoms with van der Waals surface area (Å²) >= 11 is 0. The molecule has 0 N–H and O–H groups in total. The lowest BCUT2D eigenvalue weighted by Crippen LogP contribution is -2.13. The fraction of sp³-hybridized carbons (Fsp3) is 0.500. The molecule has 0 unspecified atom stereocenters. The molecule has 0 saturated heterocycles. The molecule has 1 aromatic rings. The topological polar surface area (TPSA) is 26.3 Å². The minimum absolute atomic E-state index is 0.330. The van der Waals surface area contributed by atoms with E-state index in [0.717, 1.165) is 12.3 Å². The second-order valence-corrected chi connectivity index (χ2v) is 6.69. The van der Waals surface area contributed by atoms with Crippen molar-refractivity contribution >= 4 is 5.97 Å². The van der Waals surface area contributed by atoms with E-state index in [9.17, 15) is 4.79 Å². The summed E-state index contributed by atoms with van der Waals surface area (Å²) in [6, 6.07) is 8.07. The molecule has 2 rings (SSSR count). The zero-order chi connectivity index (χ0) is 17.2. The summed E-state index contributed by atoms with van der Waals surface area (Å²) in [5.74, 6) is 1.89. The van der Waals surface area contributed by atoms with Crippen molar-refractivity contribution in [3.05, 3.63) is 54.1 Å². The quantitative estimate of drug-likeness (QED) is 0.258. The third-order valence-electron chi connectivity index (χ3n) is 4.83. The first-order valence-corrected chi connectivity index (χ1v) is 9.37. The van der Waals surface area contributed by atoms with E-state index in [1.54, 1.807) is 6.08 Å². The highest BCUT2D eigenvalue weighted by Gasteiger charge is 2.21. The lowest BCUT2D eigenvalue weighted by Gasteiger charge is -2.28. The predicted octanol–water partition coefficient (Wildman–Crippen LogP) is 6.19. The minimum atomic E-state index is -0.330. The van der Waals surface area contributed by atoms with Crippen LogP contribution in [0.15, 0.2) is 48.6 Å². The van der Waals surface area contributed by atoms with Gasteiger partial charge in [-0.05, 0) is 61.6 Å². The van der Waals surface area contributed by atoms with Gasteiger partial charge in [0, 0.05) is 6.08 Å². The molecule has 0 aliphatic heterocycles. The van der Waals surface area contributed by atoms with Gasteiger partial charge >= 0.3 is 5.97 Å². The van der Waals surface area contributed by atoms with Crippen LogP contribution in [0.3, 0.4) is 0 Å². The summed E-state index contributed by atoms with van der Waals surface area (Å²) in [5, 5.41) is 0. The summed E-state index contributed by atoms with van der Waals surface area (Å²) in [6.07, 6.45) is 15.9. The maximum absolute atomic E-state index is 11.7. The number of esters is 1. The van der Waals surface area contributed by atoms with Crippen molar-refractivity contribution in [3.63, 3.8) is 0 Å². The second-order valence-electron chi connectivity index (χ2n) is 6.69. The van der Waals surface area contributed by atoms with Crippen LogP contribution in [0.5, 0.6) is 5.75 Å². The van der Waals surface area contributed by atoms with Gasteiger partial charge in [0.05, 0.1) is 0 Å². The lowest BCUT2D eigenvalue weighted by atomic mass is 9.77. The predicted molar refractivity (Wildman–Crippen MR) is 100 cm³/mol. The Kier molecular flexibility index (Phi) is 7.81. The Morgan fingerprint density at radius 3 is 2.42 bits per heavy atom. The molecule has 0 bridgehead atoms. The van der Waals surface area contributed by atoms with Gasteiger partial charge in [-0.1, -0.05) is 57.0 Å². The zero-order valence-corrected chi connectivity index (χ0v) is 15.0. The van der Waals surface area contributed by atoms with Crippen LogP contribution in [0, 0.1) is 5.92 Å². The van der Waals surface area contributed by atoms with Crippen LogP contribution < -0.4 is 4.74 Å². The van der Waals surface area contributed by atoms with E-state index >= 15 is 0 Å². The lowest BCUT2D eigenvalue weighted by molar-refractivity contribution is -0.128. The summed E-state index contributed by atoms with van der Waals surface area (Å²) in [4.78, 5) is 11.7. The molecule has 0 heterocycles. The number of allylic oxidation sites excluding steroid dienone is 3. The van der Waals surface area contributed by atoms with Crippen LogP contribution >= 0.6 is 0 Å².